The molecule has 0 aliphatic heterocycles. The van der Waals surface area contributed by atoms with Crippen LogP contribution in [0, 0.1) is 0 Å². The van der Waals surface area contributed by atoms with Gasteiger partial charge in [-0.25, -0.2) is 10.8 Å². The van der Waals surface area contributed by atoms with Crippen LogP contribution < -0.4 is 16.0 Å². The van der Waals surface area contributed by atoms with Crippen LogP contribution in [-0.2, 0) is 0 Å². The predicted octanol–water partition coefficient (Wildman–Crippen LogP) is 2.76. The fraction of sp³-hybridized carbons (Fsp3) is 0.100. The van der Waals surface area contributed by atoms with Crippen LogP contribution in [0.2, 0.25) is 5.02 Å². The van der Waals surface area contributed by atoms with Crippen molar-refractivity contribution in [2.45, 2.75) is 0 Å². The largest absolute Gasteiger partial charge is 0.495 e. The number of methoxy groups -OCH3 is 1. The molecule has 84 valence electrons. The molecule has 4 nitrogen and oxygen atoms in total. The second-order valence-electron chi connectivity index (χ2n) is 3.03. The van der Waals surface area contributed by atoms with Crippen LogP contribution in [0.25, 0.3) is 11.3 Å². The zero-order valence-corrected chi connectivity index (χ0v) is 10.1. The number of hydrogen-bond acceptors (Lipinski definition) is 5. The summed E-state index contributed by atoms with van der Waals surface area (Å²) in [6.45, 7) is 0. The van der Waals surface area contributed by atoms with Gasteiger partial charge in [-0.05, 0) is 18.2 Å². The third kappa shape index (κ3) is 2.11. The first-order chi connectivity index (χ1) is 7.74. The summed E-state index contributed by atoms with van der Waals surface area (Å²) in [5.74, 6) is 5.92. The molecule has 0 saturated carbocycles. The van der Waals surface area contributed by atoms with Crippen LogP contribution in [0.5, 0.6) is 5.75 Å². The second-order valence-corrected chi connectivity index (χ2v) is 4.30. The smallest absolute Gasteiger partial charge is 0.197 e. The lowest BCUT2D eigenvalue weighted by Gasteiger charge is -2.03. The zero-order valence-electron chi connectivity index (χ0n) is 8.53. The summed E-state index contributed by atoms with van der Waals surface area (Å²) in [4.78, 5) is 4.28. The third-order valence-electron chi connectivity index (χ3n) is 2.08. The third-order valence-corrected chi connectivity index (χ3v) is 3.14. The van der Waals surface area contributed by atoms with Crippen molar-refractivity contribution >= 4 is 28.1 Å². The van der Waals surface area contributed by atoms with E-state index in [9.17, 15) is 0 Å². The van der Waals surface area contributed by atoms with E-state index in [4.69, 9.17) is 22.2 Å². The van der Waals surface area contributed by atoms with Crippen LogP contribution in [-0.4, -0.2) is 12.1 Å². The summed E-state index contributed by atoms with van der Waals surface area (Å²) in [7, 11) is 1.58. The van der Waals surface area contributed by atoms with Gasteiger partial charge in [0.1, 0.15) is 5.75 Å². The van der Waals surface area contributed by atoms with Gasteiger partial charge in [0.15, 0.2) is 5.13 Å². The molecule has 2 rings (SSSR count). The number of anilines is 1. The van der Waals surface area contributed by atoms with Crippen molar-refractivity contribution in [3.05, 3.63) is 28.6 Å². The van der Waals surface area contributed by atoms with E-state index in [0.717, 1.165) is 11.3 Å². The van der Waals surface area contributed by atoms with Crippen LogP contribution >= 0.6 is 22.9 Å². The van der Waals surface area contributed by atoms with Crippen molar-refractivity contribution in [2.24, 2.45) is 5.84 Å². The highest BCUT2D eigenvalue weighted by Crippen LogP contribution is 2.31. The minimum absolute atomic E-state index is 0.565. The highest BCUT2D eigenvalue weighted by molar-refractivity contribution is 7.14. The number of nitrogens with one attached hydrogen (secondary N) is 1. The minimum Gasteiger partial charge on any atom is -0.495 e. The van der Waals surface area contributed by atoms with Crippen molar-refractivity contribution in [3.8, 4) is 17.0 Å². The van der Waals surface area contributed by atoms with E-state index in [0.29, 0.717) is 15.9 Å². The first-order valence-electron chi connectivity index (χ1n) is 4.50. The molecule has 0 aliphatic carbocycles. The Labute approximate surface area is 102 Å². The van der Waals surface area contributed by atoms with Gasteiger partial charge in [-0.15, -0.1) is 11.3 Å². The summed E-state index contributed by atoms with van der Waals surface area (Å²) in [5, 5.41) is 3.14. The lowest BCUT2D eigenvalue weighted by Crippen LogP contribution is -2.05. The standard InChI is InChI=1S/C10H10ClN3OS/c1-15-9-3-2-6(4-7(9)11)8-5-16-10(13-8)14-12/h2-5H,12H2,1H3,(H,13,14). The number of nitrogens with two attached hydrogens (primary N) is 1. The molecule has 1 aromatic carbocycles. The van der Waals surface area contributed by atoms with Crippen LogP contribution in [0.4, 0.5) is 5.13 Å². The molecular weight excluding hydrogens is 246 g/mol. The molecule has 3 N–H and O–H groups in total. The van der Waals surface area contributed by atoms with Gasteiger partial charge in [0.25, 0.3) is 0 Å². The Kier molecular flexibility index (Phi) is 3.28. The number of nitrogens with zero attached hydrogens (tertiary/aromatic N) is 1. The van der Waals surface area contributed by atoms with Crippen LogP contribution in [0.3, 0.4) is 0 Å². The van der Waals surface area contributed by atoms with Gasteiger partial charge < -0.3 is 4.74 Å². The number of hydrazine groups is 1. The quantitative estimate of drug-likeness (QED) is 0.654. The van der Waals surface area contributed by atoms with Crippen LogP contribution in [0.1, 0.15) is 0 Å². The Bertz CT molecular complexity index is 501. The zero-order chi connectivity index (χ0) is 11.5. The maximum atomic E-state index is 6.03. The van der Waals surface area contributed by atoms with Crippen molar-refractivity contribution in [1.82, 2.24) is 4.98 Å². The Balaban J connectivity index is 2.37. The molecule has 0 bridgehead atoms. The lowest BCUT2D eigenvalue weighted by atomic mass is 10.2. The number of hydrogen-bond donors (Lipinski definition) is 2. The Morgan fingerprint density at radius 3 is 2.88 bits per heavy atom. The van der Waals surface area contributed by atoms with Gasteiger partial charge in [0.2, 0.25) is 0 Å². The van der Waals surface area contributed by atoms with Gasteiger partial charge in [0.05, 0.1) is 17.8 Å². The molecule has 16 heavy (non-hydrogen) atoms. The van der Waals surface area contributed by atoms with Crippen molar-refractivity contribution in [3.63, 3.8) is 0 Å². The SMILES string of the molecule is COc1ccc(-c2csc(NN)n2)cc1Cl. The molecule has 1 heterocycles. The number of rotatable bonds is 3. The Morgan fingerprint density at radius 2 is 2.31 bits per heavy atom. The highest BCUT2D eigenvalue weighted by Gasteiger charge is 2.06. The summed E-state index contributed by atoms with van der Waals surface area (Å²) < 4.78 is 5.08. The number of thiazole rings is 1. The fourth-order valence-corrected chi connectivity index (χ4v) is 2.19. The van der Waals surface area contributed by atoms with Crippen molar-refractivity contribution in [1.29, 1.82) is 0 Å². The van der Waals surface area contributed by atoms with E-state index < -0.39 is 0 Å². The second kappa shape index (κ2) is 4.69. The summed E-state index contributed by atoms with van der Waals surface area (Å²) in [5.41, 5.74) is 4.27. The number of halogens is 1. The monoisotopic (exact) mass is 255 g/mol. The molecule has 0 fully saturated rings. The molecule has 0 amide bonds. The topological polar surface area (TPSA) is 60.2 Å². The first kappa shape index (κ1) is 11.2. The van der Waals surface area contributed by atoms with Crippen molar-refractivity contribution < 1.29 is 4.74 Å². The van der Waals surface area contributed by atoms with Crippen LogP contribution in [0.15, 0.2) is 23.6 Å². The lowest BCUT2D eigenvalue weighted by molar-refractivity contribution is 0.415. The number of aromatic nitrogens is 1. The molecule has 0 aliphatic rings. The van der Waals surface area contributed by atoms with E-state index >= 15 is 0 Å². The highest BCUT2D eigenvalue weighted by atomic mass is 35.5. The van der Waals surface area contributed by atoms with E-state index in [2.05, 4.69) is 10.4 Å². The Hall–Kier alpha value is -1.30. The number of ether oxygens (including phenoxy) is 1. The van der Waals surface area contributed by atoms with E-state index in [-0.39, 0.29) is 0 Å². The molecular formula is C10H10ClN3OS. The maximum Gasteiger partial charge on any atom is 0.197 e. The number of nitrogen functional groups attached to an aromatic ring is 1. The Morgan fingerprint density at radius 1 is 1.50 bits per heavy atom. The maximum absolute atomic E-state index is 6.03. The fourth-order valence-electron chi connectivity index (χ4n) is 1.30. The van der Waals surface area contributed by atoms with Gasteiger partial charge in [-0.3, -0.25) is 5.43 Å². The predicted molar refractivity (Wildman–Crippen MR) is 66.9 cm³/mol. The average molecular weight is 256 g/mol. The minimum atomic E-state index is 0.565. The molecule has 1 aromatic heterocycles. The van der Waals surface area contributed by atoms with E-state index in [1.54, 1.807) is 7.11 Å². The van der Waals surface area contributed by atoms with Crippen molar-refractivity contribution in [2.75, 3.05) is 12.5 Å². The molecule has 6 heteroatoms. The molecule has 2 aromatic rings. The molecule has 0 unspecified atom stereocenters. The molecule has 0 spiro atoms. The summed E-state index contributed by atoms with van der Waals surface area (Å²) in [6.07, 6.45) is 0. The number of benzene rings is 1. The van der Waals surface area contributed by atoms with Gasteiger partial charge in [-0.2, -0.15) is 0 Å². The van der Waals surface area contributed by atoms with E-state index in [1.807, 2.05) is 23.6 Å². The summed E-state index contributed by atoms with van der Waals surface area (Å²) in [6, 6.07) is 5.53. The van der Waals surface area contributed by atoms with Gasteiger partial charge >= 0.3 is 0 Å². The first-order valence-corrected chi connectivity index (χ1v) is 5.76. The molecule has 0 atom stereocenters. The van der Waals surface area contributed by atoms with Gasteiger partial charge in [-0.1, -0.05) is 11.6 Å². The summed E-state index contributed by atoms with van der Waals surface area (Å²) >= 11 is 7.47. The average Bonchev–Trinajstić information content (AvgIpc) is 2.77. The van der Waals surface area contributed by atoms with E-state index in [1.165, 1.54) is 11.3 Å². The molecule has 0 radical (unpaired) electrons. The normalized spacial score (nSPS) is 10.2. The molecule has 0 saturated heterocycles. The van der Waals surface area contributed by atoms with Gasteiger partial charge in [0, 0.05) is 10.9 Å².